The number of furan rings is 1. The van der Waals surface area contributed by atoms with Crippen molar-refractivity contribution in [1.29, 1.82) is 0 Å². The highest BCUT2D eigenvalue weighted by Gasteiger charge is 2.27. The van der Waals surface area contributed by atoms with Gasteiger partial charge in [-0.15, -0.1) is 0 Å². The summed E-state index contributed by atoms with van der Waals surface area (Å²) in [6, 6.07) is 51.2. The number of rotatable bonds is 5. The lowest BCUT2D eigenvalue weighted by Crippen LogP contribution is -2.11. The van der Waals surface area contributed by atoms with E-state index in [0.717, 1.165) is 44.4 Å². The summed E-state index contributed by atoms with van der Waals surface area (Å²) in [6.45, 7) is 16.1. The van der Waals surface area contributed by atoms with Crippen LogP contribution in [0.2, 0.25) is 0 Å². The molecule has 0 saturated carbocycles. The average molecular weight is 727 g/mol. The summed E-state index contributed by atoms with van der Waals surface area (Å²) in [7, 11) is 0. The van der Waals surface area contributed by atoms with E-state index in [2.05, 4.69) is 193 Å². The summed E-state index contributed by atoms with van der Waals surface area (Å²) < 4.78 is 9.45. The van der Waals surface area contributed by atoms with Crippen LogP contribution < -0.4 is 0 Å². The maximum Gasteiger partial charge on any atom is 0.149 e. The summed E-state index contributed by atoms with van der Waals surface area (Å²) in [5.74, 6) is 1.39. The third kappa shape index (κ3) is 5.36. The molecule has 3 nitrogen and oxygen atoms in total. The lowest BCUT2D eigenvalue weighted by Gasteiger charge is -2.25. The van der Waals surface area contributed by atoms with Gasteiger partial charge in [0.2, 0.25) is 0 Å². The van der Waals surface area contributed by atoms with Crippen molar-refractivity contribution in [2.45, 2.75) is 65.7 Å². The predicted octanol–water partition coefficient (Wildman–Crippen LogP) is 15.3. The van der Waals surface area contributed by atoms with Gasteiger partial charge in [-0.1, -0.05) is 152 Å². The Morgan fingerprint density at radius 3 is 1.86 bits per heavy atom. The SMILES string of the molecule is CC(C)c1cc(-c2ccc(C(C)(C)C)cc2)cc(C(C)C)c1-n1c(-c2cccc3c2oc2cc4c(ccc5ccccc54)cc23)nc2ccc3ccccc3c21. The second-order valence-electron chi connectivity index (χ2n) is 17.2. The molecule has 10 aromatic rings. The van der Waals surface area contributed by atoms with Gasteiger partial charge in [-0.05, 0) is 108 Å². The predicted molar refractivity (Wildman–Crippen MR) is 239 cm³/mol. The van der Waals surface area contributed by atoms with Crippen molar-refractivity contribution in [3.63, 3.8) is 0 Å². The zero-order chi connectivity index (χ0) is 38.5. The smallest absolute Gasteiger partial charge is 0.149 e. The molecular formula is C53H46N2O. The van der Waals surface area contributed by atoms with Gasteiger partial charge in [-0.2, -0.15) is 0 Å². The van der Waals surface area contributed by atoms with Crippen LogP contribution in [-0.4, -0.2) is 9.55 Å². The standard InChI is InChI=1S/C53H46N2O/c1-31(2)43-28-37(33-21-24-38(25-22-33)53(5,6)7)29-44(32(3)4)49(43)55-50-40-16-11-9-14-35(40)23-26-47(50)54-52(55)42-18-12-17-41-46-27-36-20-19-34-13-8-10-15-39(34)45(36)30-48(46)56-51(41)42/h8-32H,1-7H3. The molecule has 0 radical (unpaired) electrons. The topological polar surface area (TPSA) is 31.0 Å². The quantitative estimate of drug-likeness (QED) is 0.165. The molecule has 0 fully saturated rings. The maximum absolute atomic E-state index is 6.98. The average Bonchev–Trinajstić information content (AvgIpc) is 3.77. The molecule has 2 aromatic heterocycles. The Balaban J connectivity index is 1.29. The zero-order valence-corrected chi connectivity index (χ0v) is 33.2. The lowest BCUT2D eigenvalue weighted by atomic mass is 9.85. The van der Waals surface area contributed by atoms with Gasteiger partial charge in [0.1, 0.15) is 17.0 Å². The van der Waals surface area contributed by atoms with E-state index in [1.54, 1.807) is 0 Å². The fourth-order valence-corrected chi connectivity index (χ4v) is 8.86. The van der Waals surface area contributed by atoms with Gasteiger partial charge in [0.25, 0.3) is 0 Å². The minimum Gasteiger partial charge on any atom is -0.455 e. The summed E-state index contributed by atoms with van der Waals surface area (Å²) >= 11 is 0. The van der Waals surface area contributed by atoms with Gasteiger partial charge >= 0.3 is 0 Å². The molecular weight excluding hydrogens is 681 g/mol. The summed E-state index contributed by atoms with van der Waals surface area (Å²) in [5.41, 5.74) is 12.6. The maximum atomic E-state index is 6.98. The van der Waals surface area contributed by atoms with Crippen LogP contribution in [0.5, 0.6) is 0 Å². The molecule has 0 aliphatic heterocycles. The molecule has 274 valence electrons. The Bertz CT molecular complexity index is 3140. The zero-order valence-electron chi connectivity index (χ0n) is 33.2. The van der Waals surface area contributed by atoms with Crippen molar-refractivity contribution >= 4 is 65.3 Å². The van der Waals surface area contributed by atoms with Crippen LogP contribution in [0.3, 0.4) is 0 Å². The third-order valence-electron chi connectivity index (χ3n) is 11.9. The largest absolute Gasteiger partial charge is 0.455 e. The Kier molecular flexibility index (Phi) is 7.77. The molecule has 0 bridgehead atoms. The van der Waals surface area contributed by atoms with Crippen molar-refractivity contribution in [1.82, 2.24) is 9.55 Å². The first-order valence-electron chi connectivity index (χ1n) is 20.0. The molecule has 0 atom stereocenters. The van der Waals surface area contributed by atoms with Crippen LogP contribution in [0.4, 0.5) is 0 Å². The number of fused-ring (bicyclic) bond motifs is 9. The molecule has 56 heavy (non-hydrogen) atoms. The van der Waals surface area contributed by atoms with Crippen LogP contribution in [-0.2, 0) is 5.41 Å². The number of nitrogens with zero attached hydrogens (tertiary/aromatic N) is 2. The van der Waals surface area contributed by atoms with Gasteiger partial charge in [0.15, 0.2) is 0 Å². The first-order valence-corrected chi connectivity index (χ1v) is 20.0. The van der Waals surface area contributed by atoms with Crippen LogP contribution in [0.1, 0.15) is 77.0 Å². The number of hydrogen-bond acceptors (Lipinski definition) is 2. The van der Waals surface area contributed by atoms with E-state index in [9.17, 15) is 0 Å². The normalized spacial score (nSPS) is 12.5. The molecule has 0 N–H and O–H groups in total. The van der Waals surface area contributed by atoms with Crippen molar-refractivity contribution in [3.8, 4) is 28.2 Å². The van der Waals surface area contributed by atoms with Crippen molar-refractivity contribution in [2.75, 3.05) is 0 Å². The molecule has 3 heteroatoms. The highest BCUT2D eigenvalue weighted by molar-refractivity contribution is 6.18. The molecule has 0 aliphatic carbocycles. The molecule has 0 aliphatic rings. The minimum atomic E-state index is 0.0980. The minimum absolute atomic E-state index is 0.0980. The van der Waals surface area contributed by atoms with E-state index in [4.69, 9.17) is 9.40 Å². The first kappa shape index (κ1) is 34.3. The highest BCUT2D eigenvalue weighted by Crippen LogP contribution is 2.45. The summed E-state index contributed by atoms with van der Waals surface area (Å²) in [6.07, 6.45) is 0. The van der Waals surface area contributed by atoms with E-state index in [0.29, 0.717) is 0 Å². The monoisotopic (exact) mass is 726 g/mol. The van der Waals surface area contributed by atoms with Crippen molar-refractivity contribution in [2.24, 2.45) is 0 Å². The summed E-state index contributed by atoms with van der Waals surface area (Å²) in [5, 5.41) is 9.46. The van der Waals surface area contributed by atoms with E-state index < -0.39 is 0 Å². The van der Waals surface area contributed by atoms with Crippen LogP contribution in [0.25, 0.3) is 93.5 Å². The fourth-order valence-electron chi connectivity index (χ4n) is 8.86. The number of hydrogen-bond donors (Lipinski definition) is 0. The van der Waals surface area contributed by atoms with E-state index in [1.165, 1.54) is 65.8 Å². The third-order valence-corrected chi connectivity index (χ3v) is 11.9. The Morgan fingerprint density at radius 1 is 0.536 bits per heavy atom. The molecule has 0 amide bonds. The Morgan fingerprint density at radius 2 is 1.16 bits per heavy atom. The van der Waals surface area contributed by atoms with Crippen LogP contribution in [0.15, 0.2) is 144 Å². The molecule has 0 saturated heterocycles. The van der Waals surface area contributed by atoms with Gasteiger partial charge in [-0.25, -0.2) is 4.98 Å². The highest BCUT2D eigenvalue weighted by atomic mass is 16.3. The first-order chi connectivity index (χ1) is 27.0. The van der Waals surface area contributed by atoms with Crippen molar-refractivity contribution < 1.29 is 4.42 Å². The van der Waals surface area contributed by atoms with Crippen LogP contribution >= 0.6 is 0 Å². The van der Waals surface area contributed by atoms with Gasteiger partial charge < -0.3 is 4.42 Å². The number of aromatic nitrogens is 2. The lowest BCUT2D eigenvalue weighted by molar-refractivity contribution is 0.590. The number of imidazole rings is 1. The molecule has 10 rings (SSSR count). The van der Waals surface area contributed by atoms with E-state index >= 15 is 0 Å². The van der Waals surface area contributed by atoms with Crippen molar-refractivity contribution in [3.05, 3.63) is 156 Å². The Hall–Kier alpha value is -6.19. The number of benzene rings is 8. The Labute approximate surface area is 328 Å². The number of para-hydroxylation sites is 1. The fraction of sp³-hybridized carbons (Fsp3) is 0.189. The van der Waals surface area contributed by atoms with E-state index in [-0.39, 0.29) is 17.3 Å². The van der Waals surface area contributed by atoms with Gasteiger partial charge in [0.05, 0.1) is 22.3 Å². The van der Waals surface area contributed by atoms with Gasteiger partial charge in [0, 0.05) is 16.2 Å². The molecule has 0 spiro atoms. The van der Waals surface area contributed by atoms with E-state index in [1.807, 2.05) is 0 Å². The molecule has 0 unspecified atom stereocenters. The second kappa shape index (κ2) is 12.7. The molecule has 8 aromatic carbocycles. The second-order valence-corrected chi connectivity index (χ2v) is 17.2. The summed E-state index contributed by atoms with van der Waals surface area (Å²) in [4.78, 5) is 5.54. The van der Waals surface area contributed by atoms with Gasteiger partial charge in [-0.3, -0.25) is 4.57 Å². The van der Waals surface area contributed by atoms with Crippen LogP contribution in [0, 0.1) is 0 Å². The molecule has 2 heterocycles.